The van der Waals surface area contributed by atoms with Crippen LogP contribution in [0.4, 0.5) is 5.82 Å². The van der Waals surface area contributed by atoms with Crippen LogP contribution in [0.25, 0.3) is 0 Å². The number of nitriles is 1. The van der Waals surface area contributed by atoms with Crippen molar-refractivity contribution in [2.24, 2.45) is 0 Å². The molecule has 0 atom stereocenters. The van der Waals surface area contributed by atoms with E-state index in [1.807, 2.05) is 13.0 Å². The van der Waals surface area contributed by atoms with Gasteiger partial charge in [-0.15, -0.1) is 0 Å². The van der Waals surface area contributed by atoms with Gasteiger partial charge in [0.1, 0.15) is 11.9 Å². The summed E-state index contributed by atoms with van der Waals surface area (Å²) in [5.74, 6) is 0.814. The molecule has 0 aliphatic rings. The number of nitrogens with zero attached hydrogens (tertiary/aromatic N) is 2. The molecule has 0 amide bonds. The van der Waals surface area contributed by atoms with E-state index >= 15 is 0 Å². The smallest absolute Gasteiger partial charge is 0.126 e. The van der Waals surface area contributed by atoms with Gasteiger partial charge < -0.3 is 5.32 Å². The summed E-state index contributed by atoms with van der Waals surface area (Å²) in [6.45, 7) is 8.13. The lowest BCUT2D eigenvalue weighted by atomic mass is 10.1. The Kier molecular flexibility index (Phi) is 2.76. The fourth-order valence-electron chi connectivity index (χ4n) is 1.13. The van der Waals surface area contributed by atoms with E-state index in [9.17, 15) is 0 Å². The quantitative estimate of drug-likeness (QED) is 0.738. The van der Waals surface area contributed by atoms with Gasteiger partial charge in [-0.1, -0.05) is 0 Å². The van der Waals surface area contributed by atoms with Crippen molar-refractivity contribution in [3.63, 3.8) is 0 Å². The van der Waals surface area contributed by atoms with Gasteiger partial charge in [-0.25, -0.2) is 4.98 Å². The molecule has 74 valence electrons. The number of pyridine rings is 1. The van der Waals surface area contributed by atoms with Crippen molar-refractivity contribution in [1.29, 1.82) is 5.26 Å². The maximum Gasteiger partial charge on any atom is 0.126 e. The topological polar surface area (TPSA) is 48.7 Å². The van der Waals surface area contributed by atoms with Crippen molar-refractivity contribution < 1.29 is 0 Å². The third-order valence-corrected chi connectivity index (χ3v) is 1.73. The number of aromatic nitrogens is 1. The molecule has 0 aliphatic heterocycles. The van der Waals surface area contributed by atoms with Gasteiger partial charge in [0.2, 0.25) is 0 Å². The first-order valence-corrected chi connectivity index (χ1v) is 4.57. The molecular formula is C11H15N3. The fourth-order valence-corrected chi connectivity index (χ4v) is 1.13. The van der Waals surface area contributed by atoms with Gasteiger partial charge in [-0.2, -0.15) is 5.26 Å². The first-order chi connectivity index (χ1) is 6.42. The lowest BCUT2D eigenvalue weighted by Gasteiger charge is -2.21. The lowest BCUT2D eigenvalue weighted by Crippen LogP contribution is -2.26. The molecule has 3 heteroatoms. The lowest BCUT2D eigenvalue weighted by molar-refractivity contribution is 0.630. The Morgan fingerprint density at radius 1 is 1.43 bits per heavy atom. The highest BCUT2D eigenvalue weighted by atomic mass is 15.0. The van der Waals surface area contributed by atoms with Crippen molar-refractivity contribution in [3.8, 4) is 6.07 Å². The molecule has 0 spiro atoms. The molecule has 0 unspecified atom stereocenters. The van der Waals surface area contributed by atoms with Gasteiger partial charge in [0.15, 0.2) is 0 Å². The highest BCUT2D eigenvalue weighted by molar-refractivity contribution is 5.45. The van der Waals surface area contributed by atoms with E-state index < -0.39 is 0 Å². The monoisotopic (exact) mass is 189 g/mol. The molecule has 1 rings (SSSR count). The number of nitrogens with one attached hydrogen (secondary N) is 1. The summed E-state index contributed by atoms with van der Waals surface area (Å²) >= 11 is 0. The van der Waals surface area contributed by atoms with Crippen molar-refractivity contribution in [2.75, 3.05) is 5.32 Å². The third-order valence-electron chi connectivity index (χ3n) is 1.73. The van der Waals surface area contributed by atoms with E-state index in [0.29, 0.717) is 5.56 Å². The van der Waals surface area contributed by atoms with E-state index in [-0.39, 0.29) is 5.54 Å². The molecule has 0 saturated carbocycles. The SMILES string of the molecule is Cc1cc(NC(C)(C)C)ncc1C#N. The normalized spacial score (nSPS) is 10.8. The zero-order valence-corrected chi connectivity index (χ0v) is 9.05. The molecule has 1 aromatic rings. The summed E-state index contributed by atoms with van der Waals surface area (Å²) in [6.07, 6.45) is 1.60. The maximum absolute atomic E-state index is 8.73. The van der Waals surface area contributed by atoms with Gasteiger partial charge in [0, 0.05) is 11.7 Å². The average molecular weight is 189 g/mol. The van der Waals surface area contributed by atoms with Crippen molar-refractivity contribution >= 4 is 5.82 Å². The minimum absolute atomic E-state index is 0.00635. The molecule has 0 aromatic carbocycles. The van der Waals surface area contributed by atoms with Crippen LogP contribution in [0.2, 0.25) is 0 Å². The maximum atomic E-state index is 8.73. The van der Waals surface area contributed by atoms with Crippen LogP contribution in [-0.4, -0.2) is 10.5 Å². The summed E-state index contributed by atoms with van der Waals surface area (Å²) in [4.78, 5) is 4.16. The Morgan fingerprint density at radius 3 is 2.50 bits per heavy atom. The van der Waals surface area contributed by atoms with Crippen LogP contribution >= 0.6 is 0 Å². The van der Waals surface area contributed by atoms with E-state index in [1.54, 1.807) is 6.20 Å². The summed E-state index contributed by atoms with van der Waals surface area (Å²) in [6, 6.07) is 3.99. The predicted molar refractivity (Wildman–Crippen MR) is 57.1 cm³/mol. The Balaban J connectivity index is 2.94. The van der Waals surface area contributed by atoms with E-state index in [4.69, 9.17) is 5.26 Å². The molecule has 1 N–H and O–H groups in total. The molecule has 14 heavy (non-hydrogen) atoms. The highest BCUT2D eigenvalue weighted by Crippen LogP contribution is 2.15. The average Bonchev–Trinajstić information content (AvgIpc) is 2.01. The minimum atomic E-state index is -0.00635. The fraction of sp³-hybridized carbons (Fsp3) is 0.455. The minimum Gasteiger partial charge on any atom is -0.365 e. The van der Waals surface area contributed by atoms with Gasteiger partial charge in [0.05, 0.1) is 5.56 Å². The summed E-state index contributed by atoms with van der Waals surface area (Å²) in [5, 5.41) is 12.0. The van der Waals surface area contributed by atoms with Gasteiger partial charge in [-0.05, 0) is 39.3 Å². The molecule has 0 saturated heterocycles. The molecule has 0 fully saturated rings. The predicted octanol–water partition coefficient (Wildman–Crippen LogP) is 2.47. The van der Waals surface area contributed by atoms with Crippen molar-refractivity contribution in [2.45, 2.75) is 33.2 Å². The number of hydrogen-bond acceptors (Lipinski definition) is 3. The van der Waals surface area contributed by atoms with Crippen molar-refractivity contribution in [1.82, 2.24) is 4.98 Å². The zero-order valence-electron chi connectivity index (χ0n) is 9.05. The Morgan fingerprint density at radius 2 is 2.07 bits per heavy atom. The third kappa shape index (κ3) is 2.74. The van der Waals surface area contributed by atoms with Crippen molar-refractivity contribution in [3.05, 3.63) is 23.4 Å². The van der Waals surface area contributed by atoms with E-state index in [0.717, 1.165) is 11.4 Å². The number of anilines is 1. The van der Waals surface area contributed by atoms with Crippen LogP contribution in [0, 0.1) is 18.3 Å². The van der Waals surface area contributed by atoms with E-state index in [2.05, 4.69) is 37.1 Å². The molecule has 0 aliphatic carbocycles. The molecule has 1 aromatic heterocycles. The first kappa shape index (κ1) is 10.5. The Labute approximate surface area is 84.8 Å². The number of rotatable bonds is 1. The molecule has 0 radical (unpaired) electrons. The summed E-state index contributed by atoms with van der Waals surface area (Å²) in [5.41, 5.74) is 1.58. The van der Waals surface area contributed by atoms with Crippen LogP contribution in [0.3, 0.4) is 0 Å². The second-order valence-corrected chi connectivity index (χ2v) is 4.37. The van der Waals surface area contributed by atoms with Crippen LogP contribution in [0.5, 0.6) is 0 Å². The highest BCUT2D eigenvalue weighted by Gasteiger charge is 2.10. The Bertz CT molecular complexity index is 369. The molecular weight excluding hydrogens is 174 g/mol. The summed E-state index contributed by atoms with van der Waals surface area (Å²) in [7, 11) is 0. The largest absolute Gasteiger partial charge is 0.365 e. The second kappa shape index (κ2) is 3.67. The first-order valence-electron chi connectivity index (χ1n) is 4.57. The summed E-state index contributed by atoms with van der Waals surface area (Å²) < 4.78 is 0. The molecule has 1 heterocycles. The van der Waals surface area contributed by atoms with E-state index in [1.165, 1.54) is 0 Å². The number of aryl methyl sites for hydroxylation is 1. The zero-order chi connectivity index (χ0) is 10.8. The standard InChI is InChI=1S/C11H15N3/c1-8-5-10(14-11(2,3)4)13-7-9(8)6-12/h5,7H,1-4H3,(H,13,14). The van der Waals surface area contributed by atoms with Gasteiger partial charge in [-0.3, -0.25) is 0 Å². The van der Waals surface area contributed by atoms with Gasteiger partial charge >= 0.3 is 0 Å². The van der Waals surface area contributed by atoms with Gasteiger partial charge in [0.25, 0.3) is 0 Å². The molecule has 3 nitrogen and oxygen atoms in total. The second-order valence-electron chi connectivity index (χ2n) is 4.37. The van der Waals surface area contributed by atoms with Crippen LogP contribution < -0.4 is 5.32 Å². The number of hydrogen-bond donors (Lipinski definition) is 1. The van der Waals surface area contributed by atoms with Crippen LogP contribution in [0.15, 0.2) is 12.3 Å². The van der Waals surface area contributed by atoms with Crippen LogP contribution in [-0.2, 0) is 0 Å². The van der Waals surface area contributed by atoms with Crippen LogP contribution in [0.1, 0.15) is 31.9 Å². The molecule has 0 bridgehead atoms. The Hall–Kier alpha value is -1.56.